The monoisotopic (exact) mass is 378 g/mol. The van der Waals surface area contributed by atoms with Crippen LogP contribution in [0.1, 0.15) is 29.8 Å². The molecule has 2 aromatic rings. The first-order chi connectivity index (χ1) is 12.9. The number of benzene rings is 1. The van der Waals surface area contributed by atoms with E-state index in [2.05, 4.69) is 40.2 Å². The van der Waals surface area contributed by atoms with Crippen LogP contribution in [0.3, 0.4) is 0 Å². The summed E-state index contributed by atoms with van der Waals surface area (Å²) in [4.78, 5) is 4.34. The highest BCUT2D eigenvalue weighted by Gasteiger charge is 2.33. The van der Waals surface area contributed by atoms with E-state index in [9.17, 15) is 13.2 Å². The molecule has 0 spiro atoms. The fourth-order valence-electron chi connectivity index (χ4n) is 3.64. The summed E-state index contributed by atoms with van der Waals surface area (Å²) in [7, 11) is 0. The minimum absolute atomic E-state index is 0.250. The van der Waals surface area contributed by atoms with E-state index in [1.54, 1.807) is 0 Å². The molecule has 1 saturated heterocycles. The zero-order chi connectivity index (χ0) is 19.0. The molecule has 0 bridgehead atoms. The quantitative estimate of drug-likeness (QED) is 0.820. The summed E-state index contributed by atoms with van der Waals surface area (Å²) in [6, 6.07) is 9.06. The molecule has 1 fully saturated rings. The van der Waals surface area contributed by atoms with Gasteiger partial charge < -0.3 is 9.64 Å². The molecule has 1 aromatic carbocycles. The Morgan fingerprint density at radius 1 is 1.04 bits per heavy atom. The molecular formula is C19H21F3N4O. The van der Waals surface area contributed by atoms with Crippen molar-refractivity contribution in [3.63, 3.8) is 0 Å². The predicted octanol–water partition coefficient (Wildman–Crippen LogP) is 3.31. The fraction of sp³-hybridized carbons (Fsp3) is 0.474. The Balaban J connectivity index is 1.38. The maximum atomic E-state index is 12.6. The number of aromatic nitrogens is 2. The normalized spacial score (nSPS) is 18.9. The van der Waals surface area contributed by atoms with Gasteiger partial charge in [-0.05, 0) is 36.2 Å². The van der Waals surface area contributed by atoms with Gasteiger partial charge in [-0.25, -0.2) is 0 Å². The molecule has 0 amide bonds. The molecule has 0 saturated carbocycles. The molecule has 27 heavy (non-hydrogen) atoms. The van der Waals surface area contributed by atoms with Crippen LogP contribution in [-0.2, 0) is 12.6 Å². The van der Waals surface area contributed by atoms with E-state index in [-0.39, 0.29) is 6.04 Å². The molecule has 4 rings (SSSR count). The van der Waals surface area contributed by atoms with Crippen LogP contribution in [0.2, 0.25) is 0 Å². The number of nitrogens with zero attached hydrogens (tertiary/aromatic N) is 4. The summed E-state index contributed by atoms with van der Waals surface area (Å²) in [5.41, 5.74) is 1.52. The van der Waals surface area contributed by atoms with Gasteiger partial charge in [0.05, 0.1) is 6.61 Å². The Bertz CT molecular complexity index is 802. The van der Waals surface area contributed by atoms with Crippen LogP contribution in [0.15, 0.2) is 30.3 Å². The van der Waals surface area contributed by atoms with Crippen molar-refractivity contribution in [2.45, 2.75) is 25.6 Å². The van der Waals surface area contributed by atoms with E-state index >= 15 is 0 Å². The van der Waals surface area contributed by atoms with Crippen molar-refractivity contribution in [3.8, 4) is 5.75 Å². The highest BCUT2D eigenvalue weighted by Crippen LogP contribution is 2.31. The molecule has 1 unspecified atom stereocenters. The Labute approximate surface area is 155 Å². The summed E-state index contributed by atoms with van der Waals surface area (Å²) in [5, 5.41) is 7.07. The molecule has 1 aromatic heterocycles. The minimum Gasteiger partial charge on any atom is -0.493 e. The van der Waals surface area contributed by atoms with Crippen molar-refractivity contribution in [1.82, 2.24) is 15.1 Å². The summed E-state index contributed by atoms with van der Waals surface area (Å²) in [6.45, 7) is 5.94. The summed E-state index contributed by atoms with van der Waals surface area (Å²) in [5.74, 6) is 1.47. The van der Waals surface area contributed by atoms with Gasteiger partial charge in [-0.2, -0.15) is 13.2 Å². The van der Waals surface area contributed by atoms with Gasteiger partial charge in [-0.1, -0.05) is 12.1 Å². The van der Waals surface area contributed by atoms with Crippen molar-refractivity contribution in [1.29, 1.82) is 0 Å². The lowest BCUT2D eigenvalue weighted by Crippen LogP contribution is -2.47. The first kappa shape index (κ1) is 18.0. The molecule has 0 N–H and O–H groups in total. The second kappa shape index (κ2) is 6.99. The van der Waals surface area contributed by atoms with Crippen LogP contribution >= 0.6 is 0 Å². The van der Waals surface area contributed by atoms with Crippen LogP contribution < -0.4 is 9.64 Å². The zero-order valence-corrected chi connectivity index (χ0v) is 15.0. The van der Waals surface area contributed by atoms with Gasteiger partial charge in [0.2, 0.25) is 0 Å². The van der Waals surface area contributed by atoms with Crippen molar-refractivity contribution < 1.29 is 17.9 Å². The zero-order valence-electron chi connectivity index (χ0n) is 15.0. The number of rotatable bonds is 3. The molecule has 8 heteroatoms. The molecule has 3 heterocycles. The summed E-state index contributed by atoms with van der Waals surface area (Å²) >= 11 is 0. The van der Waals surface area contributed by atoms with E-state index in [1.165, 1.54) is 17.2 Å². The highest BCUT2D eigenvalue weighted by atomic mass is 19.4. The van der Waals surface area contributed by atoms with Crippen LogP contribution in [-0.4, -0.2) is 47.9 Å². The van der Waals surface area contributed by atoms with E-state index in [0.29, 0.717) is 18.9 Å². The Morgan fingerprint density at radius 2 is 1.81 bits per heavy atom. The summed E-state index contributed by atoms with van der Waals surface area (Å²) in [6.07, 6.45) is -3.49. The van der Waals surface area contributed by atoms with Crippen LogP contribution in [0.25, 0.3) is 0 Å². The molecule has 0 radical (unpaired) electrons. The predicted molar refractivity (Wildman–Crippen MR) is 94.9 cm³/mol. The third kappa shape index (κ3) is 3.71. The van der Waals surface area contributed by atoms with Gasteiger partial charge in [0.15, 0.2) is 11.5 Å². The number of hydrogen-bond donors (Lipinski definition) is 0. The lowest BCUT2D eigenvalue weighted by Gasteiger charge is -2.38. The first-order valence-electron chi connectivity index (χ1n) is 9.07. The van der Waals surface area contributed by atoms with Gasteiger partial charge in [0.25, 0.3) is 0 Å². The van der Waals surface area contributed by atoms with Gasteiger partial charge in [0, 0.05) is 38.6 Å². The molecular weight excluding hydrogens is 357 g/mol. The van der Waals surface area contributed by atoms with Crippen molar-refractivity contribution in [2.24, 2.45) is 0 Å². The molecule has 0 aliphatic carbocycles. The van der Waals surface area contributed by atoms with E-state index in [4.69, 9.17) is 4.74 Å². The Kier molecular flexibility index (Phi) is 4.67. The molecule has 2 aliphatic rings. The number of anilines is 1. The standard InChI is InChI=1S/C19H21F3N4O/c1-13(15-3-2-14-6-11-27-16(14)12-15)25-7-9-26(10-8-25)18-5-4-17(23-24-18)19(20,21)22/h2-5,12-13H,6-11H2,1H3. The van der Waals surface area contributed by atoms with E-state index in [0.717, 1.165) is 37.9 Å². The molecule has 5 nitrogen and oxygen atoms in total. The van der Waals surface area contributed by atoms with E-state index < -0.39 is 11.9 Å². The average Bonchev–Trinajstić information content (AvgIpc) is 3.15. The second-order valence-electron chi connectivity index (χ2n) is 6.94. The minimum atomic E-state index is -4.46. The molecule has 1 atom stereocenters. The third-order valence-electron chi connectivity index (χ3n) is 5.33. The van der Waals surface area contributed by atoms with Gasteiger partial charge >= 0.3 is 6.18 Å². The van der Waals surface area contributed by atoms with Gasteiger partial charge in [0.1, 0.15) is 5.75 Å². The van der Waals surface area contributed by atoms with Crippen molar-refractivity contribution >= 4 is 5.82 Å². The average molecular weight is 378 g/mol. The fourth-order valence-corrected chi connectivity index (χ4v) is 3.64. The lowest BCUT2D eigenvalue weighted by atomic mass is 10.0. The highest BCUT2D eigenvalue weighted by molar-refractivity contribution is 5.41. The number of alkyl halides is 3. The second-order valence-corrected chi connectivity index (χ2v) is 6.94. The molecule has 2 aliphatic heterocycles. The van der Waals surface area contributed by atoms with Gasteiger partial charge in [-0.15, -0.1) is 10.2 Å². The SMILES string of the molecule is CC(c1ccc2c(c1)OCC2)N1CCN(c2ccc(C(F)(F)F)nn2)CC1. The largest absolute Gasteiger partial charge is 0.493 e. The first-order valence-corrected chi connectivity index (χ1v) is 9.07. The van der Waals surface area contributed by atoms with Crippen LogP contribution in [0.4, 0.5) is 19.0 Å². The smallest absolute Gasteiger partial charge is 0.435 e. The number of halogens is 3. The number of hydrogen-bond acceptors (Lipinski definition) is 5. The molecule has 144 valence electrons. The van der Waals surface area contributed by atoms with Crippen LogP contribution in [0.5, 0.6) is 5.75 Å². The van der Waals surface area contributed by atoms with Crippen molar-refractivity contribution in [3.05, 3.63) is 47.2 Å². The third-order valence-corrected chi connectivity index (χ3v) is 5.33. The maximum Gasteiger partial charge on any atom is 0.435 e. The Morgan fingerprint density at radius 3 is 2.48 bits per heavy atom. The van der Waals surface area contributed by atoms with E-state index in [1.807, 2.05) is 4.90 Å². The lowest BCUT2D eigenvalue weighted by molar-refractivity contribution is -0.141. The number of ether oxygens (including phenoxy) is 1. The van der Waals surface area contributed by atoms with Crippen LogP contribution in [0, 0.1) is 0 Å². The maximum absolute atomic E-state index is 12.6. The topological polar surface area (TPSA) is 41.5 Å². The Hall–Kier alpha value is -2.35. The number of fused-ring (bicyclic) bond motifs is 1. The van der Waals surface area contributed by atoms with Crippen molar-refractivity contribution in [2.75, 3.05) is 37.7 Å². The van der Waals surface area contributed by atoms with Gasteiger partial charge in [-0.3, -0.25) is 4.90 Å². The summed E-state index contributed by atoms with van der Waals surface area (Å²) < 4.78 is 43.5. The number of piperazine rings is 1.